The van der Waals surface area contributed by atoms with Crippen molar-refractivity contribution in [2.75, 3.05) is 5.32 Å². The number of rotatable bonds is 3. The van der Waals surface area contributed by atoms with Gasteiger partial charge in [-0.05, 0) is 25.1 Å². The summed E-state index contributed by atoms with van der Waals surface area (Å²) in [6, 6.07) is 6.20. The summed E-state index contributed by atoms with van der Waals surface area (Å²) in [4.78, 5) is 11.3. The highest BCUT2D eigenvalue weighted by molar-refractivity contribution is 5.43. The summed E-state index contributed by atoms with van der Waals surface area (Å²) in [7, 11) is 1.61. The van der Waals surface area contributed by atoms with E-state index in [1.807, 2.05) is 0 Å². The SMILES string of the molecule is CC(Nc1ccc(=O)n(C)c1)c1c(F)cccc1F. The Morgan fingerprint density at radius 2 is 1.79 bits per heavy atom. The molecule has 2 aromatic rings. The zero-order chi connectivity index (χ0) is 14.0. The van der Waals surface area contributed by atoms with E-state index in [9.17, 15) is 13.6 Å². The maximum atomic E-state index is 13.6. The first-order chi connectivity index (χ1) is 8.99. The van der Waals surface area contributed by atoms with Crippen LogP contribution in [-0.2, 0) is 7.05 Å². The molecule has 0 aliphatic heterocycles. The molecule has 0 amide bonds. The van der Waals surface area contributed by atoms with Gasteiger partial charge in [-0.15, -0.1) is 0 Å². The van der Waals surface area contributed by atoms with E-state index in [4.69, 9.17) is 0 Å². The van der Waals surface area contributed by atoms with E-state index in [1.54, 1.807) is 26.2 Å². The van der Waals surface area contributed by atoms with Crippen molar-refractivity contribution in [3.05, 3.63) is 64.1 Å². The monoisotopic (exact) mass is 264 g/mol. The molecule has 0 aliphatic rings. The van der Waals surface area contributed by atoms with Crippen molar-refractivity contribution >= 4 is 5.69 Å². The van der Waals surface area contributed by atoms with Crippen molar-refractivity contribution in [3.8, 4) is 0 Å². The lowest BCUT2D eigenvalue weighted by Crippen LogP contribution is -2.17. The summed E-state index contributed by atoms with van der Waals surface area (Å²) < 4.78 is 28.6. The van der Waals surface area contributed by atoms with Crippen LogP contribution >= 0.6 is 0 Å². The van der Waals surface area contributed by atoms with Gasteiger partial charge in [0.25, 0.3) is 0 Å². The van der Waals surface area contributed by atoms with E-state index in [0.717, 1.165) is 0 Å². The molecule has 0 aliphatic carbocycles. The number of hydrogen-bond acceptors (Lipinski definition) is 2. The predicted molar refractivity (Wildman–Crippen MR) is 70.1 cm³/mol. The summed E-state index contributed by atoms with van der Waals surface area (Å²) in [5.74, 6) is -1.19. The highest BCUT2D eigenvalue weighted by Crippen LogP contribution is 2.23. The van der Waals surface area contributed by atoms with Crippen LogP contribution in [0.3, 0.4) is 0 Å². The van der Waals surface area contributed by atoms with Gasteiger partial charge < -0.3 is 9.88 Å². The van der Waals surface area contributed by atoms with Crippen LogP contribution in [0.2, 0.25) is 0 Å². The Morgan fingerprint density at radius 3 is 2.37 bits per heavy atom. The molecule has 19 heavy (non-hydrogen) atoms. The Morgan fingerprint density at radius 1 is 1.16 bits per heavy atom. The second-order valence-corrected chi connectivity index (χ2v) is 4.37. The maximum Gasteiger partial charge on any atom is 0.250 e. The van der Waals surface area contributed by atoms with Gasteiger partial charge in [0.1, 0.15) is 11.6 Å². The number of halogens is 2. The summed E-state index contributed by atoms with van der Waals surface area (Å²) >= 11 is 0. The first-order valence-electron chi connectivity index (χ1n) is 5.86. The molecule has 1 N–H and O–H groups in total. The molecule has 1 atom stereocenters. The van der Waals surface area contributed by atoms with Crippen molar-refractivity contribution < 1.29 is 8.78 Å². The Bertz CT molecular complexity index is 632. The van der Waals surface area contributed by atoms with Gasteiger partial charge in [0.2, 0.25) is 5.56 Å². The smallest absolute Gasteiger partial charge is 0.250 e. The number of nitrogens with zero attached hydrogens (tertiary/aromatic N) is 1. The molecule has 5 heteroatoms. The Labute approximate surface area is 109 Å². The normalized spacial score (nSPS) is 12.2. The van der Waals surface area contributed by atoms with E-state index in [0.29, 0.717) is 5.69 Å². The van der Waals surface area contributed by atoms with Crippen LogP contribution in [-0.4, -0.2) is 4.57 Å². The van der Waals surface area contributed by atoms with Crippen molar-refractivity contribution in [3.63, 3.8) is 0 Å². The van der Waals surface area contributed by atoms with E-state index >= 15 is 0 Å². The molecule has 3 nitrogen and oxygen atoms in total. The zero-order valence-corrected chi connectivity index (χ0v) is 10.7. The molecule has 0 radical (unpaired) electrons. The first-order valence-corrected chi connectivity index (χ1v) is 5.86. The molecule has 1 unspecified atom stereocenters. The average Bonchev–Trinajstić information content (AvgIpc) is 2.33. The number of hydrogen-bond donors (Lipinski definition) is 1. The third-order valence-electron chi connectivity index (χ3n) is 2.90. The van der Waals surface area contributed by atoms with Crippen LogP contribution in [0.4, 0.5) is 14.5 Å². The largest absolute Gasteiger partial charge is 0.377 e. The van der Waals surface area contributed by atoms with Gasteiger partial charge in [0.15, 0.2) is 0 Å². The van der Waals surface area contributed by atoms with Crippen LogP contribution in [0, 0.1) is 11.6 Å². The molecule has 0 saturated heterocycles. The Hall–Kier alpha value is -2.17. The fourth-order valence-electron chi connectivity index (χ4n) is 1.93. The molecule has 2 rings (SSSR count). The van der Waals surface area contributed by atoms with Gasteiger partial charge in [-0.2, -0.15) is 0 Å². The molecule has 1 aromatic carbocycles. The number of anilines is 1. The van der Waals surface area contributed by atoms with Gasteiger partial charge in [0, 0.05) is 24.9 Å². The lowest BCUT2D eigenvalue weighted by Gasteiger charge is -2.17. The van der Waals surface area contributed by atoms with Gasteiger partial charge in [0.05, 0.1) is 11.7 Å². The second-order valence-electron chi connectivity index (χ2n) is 4.37. The number of aryl methyl sites for hydroxylation is 1. The second kappa shape index (κ2) is 5.22. The van der Waals surface area contributed by atoms with Crippen LogP contribution < -0.4 is 10.9 Å². The molecule has 0 saturated carbocycles. The lowest BCUT2D eigenvalue weighted by atomic mass is 10.1. The van der Waals surface area contributed by atoms with Crippen LogP contribution in [0.1, 0.15) is 18.5 Å². The lowest BCUT2D eigenvalue weighted by molar-refractivity contribution is 0.544. The summed E-state index contributed by atoms with van der Waals surface area (Å²) in [5, 5.41) is 2.97. The minimum Gasteiger partial charge on any atom is -0.377 e. The van der Waals surface area contributed by atoms with Gasteiger partial charge in [-0.3, -0.25) is 4.79 Å². The molecule has 1 aromatic heterocycles. The fourth-order valence-corrected chi connectivity index (χ4v) is 1.93. The highest BCUT2D eigenvalue weighted by atomic mass is 19.1. The quantitative estimate of drug-likeness (QED) is 0.925. The van der Waals surface area contributed by atoms with Crippen LogP contribution in [0.5, 0.6) is 0 Å². The Kier molecular flexibility index (Phi) is 3.64. The molecule has 0 bridgehead atoms. The minimum atomic E-state index is -0.593. The van der Waals surface area contributed by atoms with Crippen LogP contribution in [0.25, 0.3) is 0 Å². The standard InChI is InChI=1S/C14H14F2N2O/c1-9(14-11(15)4-3-5-12(14)16)17-10-6-7-13(19)18(2)8-10/h3-9,17H,1-2H3. The number of benzene rings is 1. The predicted octanol–water partition coefficient (Wildman–Crippen LogP) is 2.84. The fraction of sp³-hybridized carbons (Fsp3) is 0.214. The van der Waals surface area contributed by atoms with E-state index in [2.05, 4.69) is 5.32 Å². The van der Waals surface area contributed by atoms with Gasteiger partial charge in [-0.1, -0.05) is 6.07 Å². The summed E-state index contributed by atoms with van der Waals surface area (Å²) in [6.07, 6.45) is 1.58. The number of nitrogens with one attached hydrogen (secondary N) is 1. The molecule has 0 fully saturated rings. The number of aromatic nitrogens is 1. The molecular formula is C14H14F2N2O. The average molecular weight is 264 g/mol. The van der Waals surface area contributed by atoms with E-state index in [-0.39, 0.29) is 11.1 Å². The summed E-state index contributed by atoms with van der Waals surface area (Å²) in [5.41, 5.74) is 0.462. The highest BCUT2D eigenvalue weighted by Gasteiger charge is 2.15. The van der Waals surface area contributed by atoms with E-state index in [1.165, 1.54) is 28.8 Å². The first kappa shape index (κ1) is 13.3. The van der Waals surface area contributed by atoms with Crippen molar-refractivity contribution in [1.82, 2.24) is 4.57 Å². The molecular weight excluding hydrogens is 250 g/mol. The third kappa shape index (κ3) is 2.81. The minimum absolute atomic E-state index is 0.0173. The molecule has 100 valence electrons. The number of pyridine rings is 1. The summed E-state index contributed by atoms with van der Waals surface area (Å²) in [6.45, 7) is 1.66. The third-order valence-corrected chi connectivity index (χ3v) is 2.90. The van der Waals surface area contributed by atoms with Crippen molar-refractivity contribution in [1.29, 1.82) is 0 Å². The topological polar surface area (TPSA) is 34.0 Å². The Balaban J connectivity index is 2.28. The van der Waals surface area contributed by atoms with Gasteiger partial charge in [-0.25, -0.2) is 8.78 Å². The van der Waals surface area contributed by atoms with E-state index < -0.39 is 17.7 Å². The van der Waals surface area contributed by atoms with Crippen molar-refractivity contribution in [2.45, 2.75) is 13.0 Å². The zero-order valence-electron chi connectivity index (χ0n) is 10.7. The molecule has 1 heterocycles. The van der Waals surface area contributed by atoms with Crippen molar-refractivity contribution in [2.24, 2.45) is 7.05 Å². The molecule has 0 spiro atoms. The van der Waals surface area contributed by atoms with Crippen LogP contribution in [0.15, 0.2) is 41.3 Å². The van der Waals surface area contributed by atoms with Gasteiger partial charge >= 0.3 is 0 Å². The maximum absolute atomic E-state index is 13.6.